The van der Waals surface area contributed by atoms with Crippen LogP contribution in [-0.4, -0.2) is 42.4 Å². The van der Waals surface area contributed by atoms with Crippen molar-refractivity contribution in [2.75, 3.05) is 30.8 Å². The number of thioether (sulfide) groups is 1. The summed E-state index contributed by atoms with van der Waals surface area (Å²) < 4.78 is 5.65. The Morgan fingerprint density at radius 2 is 1.96 bits per heavy atom. The number of benzene rings is 2. The molecule has 0 bridgehead atoms. The standard InChI is InChI=1S/C20H23N3O4S/c24-20(22-12-11-21-17-8-2-3-9-18(17)23(25)26)16-7-1-4-10-19(16)28-14-15-6-5-13-27-15/h1-4,7-10,15,21H,5-6,11-14H2,(H,22,24). The largest absolute Gasteiger partial charge is 0.378 e. The molecular formula is C20H23N3O4S. The highest BCUT2D eigenvalue weighted by atomic mass is 32.2. The topological polar surface area (TPSA) is 93.5 Å². The van der Waals surface area contributed by atoms with Crippen molar-refractivity contribution >= 4 is 29.0 Å². The van der Waals surface area contributed by atoms with Crippen LogP contribution in [0.2, 0.25) is 0 Å². The third-order valence-corrected chi connectivity index (χ3v) is 5.61. The number of hydrogen-bond donors (Lipinski definition) is 2. The third-order valence-electron chi connectivity index (χ3n) is 4.41. The normalized spacial score (nSPS) is 15.9. The van der Waals surface area contributed by atoms with Gasteiger partial charge in [0.15, 0.2) is 0 Å². The number of carbonyl (C=O) groups excluding carboxylic acids is 1. The molecule has 8 heteroatoms. The van der Waals surface area contributed by atoms with Crippen molar-refractivity contribution in [2.45, 2.75) is 23.8 Å². The molecule has 3 rings (SSSR count). The molecule has 0 aromatic heterocycles. The zero-order chi connectivity index (χ0) is 19.8. The SMILES string of the molecule is O=C(NCCNc1ccccc1[N+](=O)[O-])c1ccccc1SCC1CCCO1. The highest BCUT2D eigenvalue weighted by Gasteiger charge is 2.18. The Balaban J connectivity index is 1.50. The summed E-state index contributed by atoms with van der Waals surface area (Å²) in [6.45, 7) is 1.57. The molecule has 0 aliphatic carbocycles. The molecule has 1 unspecified atom stereocenters. The lowest BCUT2D eigenvalue weighted by Gasteiger charge is -2.13. The smallest absolute Gasteiger partial charge is 0.292 e. The molecule has 1 aliphatic heterocycles. The van der Waals surface area contributed by atoms with Gasteiger partial charge in [-0.05, 0) is 31.0 Å². The number of anilines is 1. The average Bonchev–Trinajstić information content (AvgIpc) is 3.23. The lowest BCUT2D eigenvalue weighted by atomic mass is 10.2. The molecule has 0 radical (unpaired) electrons. The zero-order valence-corrected chi connectivity index (χ0v) is 16.2. The summed E-state index contributed by atoms with van der Waals surface area (Å²) in [5.74, 6) is 0.684. The van der Waals surface area contributed by atoms with Gasteiger partial charge >= 0.3 is 0 Å². The molecule has 0 spiro atoms. The zero-order valence-electron chi connectivity index (χ0n) is 15.4. The minimum absolute atomic E-state index is 0.0182. The number of amides is 1. The number of ether oxygens (including phenoxy) is 1. The molecule has 7 nitrogen and oxygen atoms in total. The summed E-state index contributed by atoms with van der Waals surface area (Å²) in [4.78, 5) is 24.1. The fourth-order valence-corrected chi connectivity index (χ4v) is 4.11. The maximum absolute atomic E-state index is 12.6. The molecule has 2 aromatic carbocycles. The second-order valence-electron chi connectivity index (χ2n) is 6.40. The predicted octanol–water partition coefficient (Wildman–Crippen LogP) is 3.71. The molecule has 1 atom stereocenters. The Hall–Kier alpha value is -2.58. The first-order valence-electron chi connectivity index (χ1n) is 9.24. The van der Waals surface area contributed by atoms with Gasteiger partial charge in [-0.15, -0.1) is 11.8 Å². The van der Waals surface area contributed by atoms with E-state index in [0.717, 1.165) is 30.1 Å². The monoisotopic (exact) mass is 401 g/mol. The number of hydrogen-bond acceptors (Lipinski definition) is 6. The fraction of sp³-hybridized carbons (Fsp3) is 0.350. The van der Waals surface area contributed by atoms with E-state index in [0.29, 0.717) is 24.3 Å². The van der Waals surface area contributed by atoms with E-state index in [-0.39, 0.29) is 17.7 Å². The van der Waals surface area contributed by atoms with Gasteiger partial charge in [0, 0.05) is 36.4 Å². The van der Waals surface area contributed by atoms with Crippen molar-refractivity contribution in [1.29, 1.82) is 0 Å². The van der Waals surface area contributed by atoms with Crippen LogP contribution in [0.3, 0.4) is 0 Å². The van der Waals surface area contributed by atoms with Gasteiger partial charge in [-0.1, -0.05) is 24.3 Å². The Labute approximate surface area is 168 Å². The molecule has 0 saturated carbocycles. The van der Waals surface area contributed by atoms with Crippen molar-refractivity contribution in [3.05, 3.63) is 64.2 Å². The van der Waals surface area contributed by atoms with Crippen molar-refractivity contribution in [3.8, 4) is 0 Å². The van der Waals surface area contributed by atoms with Crippen LogP contribution < -0.4 is 10.6 Å². The van der Waals surface area contributed by atoms with Crippen LogP contribution in [0.15, 0.2) is 53.4 Å². The van der Waals surface area contributed by atoms with Crippen LogP contribution in [0.25, 0.3) is 0 Å². The summed E-state index contributed by atoms with van der Waals surface area (Å²) in [7, 11) is 0. The van der Waals surface area contributed by atoms with Crippen LogP contribution in [0, 0.1) is 10.1 Å². The number of nitrogens with zero attached hydrogens (tertiary/aromatic N) is 1. The van der Waals surface area contributed by atoms with Gasteiger partial charge < -0.3 is 15.4 Å². The molecule has 28 heavy (non-hydrogen) atoms. The quantitative estimate of drug-likeness (QED) is 0.288. The number of nitrogens with one attached hydrogen (secondary N) is 2. The van der Waals surface area contributed by atoms with Crippen LogP contribution in [0.5, 0.6) is 0 Å². The lowest BCUT2D eigenvalue weighted by Crippen LogP contribution is -2.29. The fourth-order valence-electron chi connectivity index (χ4n) is 2.99. The van der Waals surface area contributed by atoms with E-state index in [9.17, 15) is 14.9 Å². The van der Waals surface area contributed by atoms with Crippen molar-refractivity contribution < 1.29 is 14.5 Å². The Morgan fingerprint density at radius 3 is 2.75 bits per heavy atom. The first kappa shape index (κ1) is 20.2. The third kappa shape index (κ3) is 5.46. The molecule has 1 amide bonds. The Morgan fingerprint density at radius 1 is 1.18 bits per heavy atom. The molecular weight excluding hydrogens is 378 g/mol. The van der Waals surface area contributed by atoms with Crippen molar-refractivity contribution in [1.82, 2.24) is 5.32 Å². The van der Waals surface area contributed by atoms with Gasteiger partial charge in [0.25, 0.3) is 11.6 Å². The van der Waals surface area contributed by atoms with Crippen LogP contribution in [0.4, 0.5) is 11.4 Å². The van der Waals surface area contributed by atoms with Crippen LogP contribution >= 0.6 is 11.8 Å². The average molecular weight is 401 g/mol. The molecule has 1 aliphatic rings. The van der Waals surface area contributed by atoms with Crippen molar-refractivity contribution in [3.63, 3.8) is 0 Å². The number of carbonyl (C=O) groups is 1. The summed E-state index contributed by atoms with van der Waals surface area (Å²) in [5.41, 5.74) is 1.09. The van der Waals surface area contributed by atoms with Gasteiger partial charge in [-0.2, -0.15) is 0 Å². The van der Waals surface area contributed by atoms with E-state index in [1.807, 2.05) is 24.3 Å². The first-order chi connectivity index (χ1) is 13.6. The summed E-state index contributed by atoms with van der Waals surface area (Å²) in [6, 6.07) is 14.0. The molecule has 1 fully saturated rings. The number of nitro groups is 1. The highest BCUT2D eigenvalue weighted by Crippen LogP contribution is 2.27. The van der Waals surface area contributed by atoms with Gasteiger partial charge in [0.1, 0.15) is 5.69 Å². The maximum atomic E-state index is 12.6. The van der Waals surface area contributed by atoms with E-state index in [1.54, 1.807) is 30.0 Å². The van der Waals surface area contributed by atoms with Gasteiger partial charge in [-0.3, -0.25) is 14.9 Å². The minimum Gasteiger partial charge on any atom is -0.378 e. The van der Waals surface area contributed by atoms with Crippen molar-refractivity contribution in [2.24, 2.45) is 0 Å². The summed E-state index contributed by atoms with van der Waals surface area (Å²) in [5, 5.41) is 16.9. The summed E-state index contributed by atoms with van der Waals surface area (Å²) in [6.07, 6.45) is 2.42. The first-order valence-corrected chi connectivity index (χ1v) is 10.2. The van der Waals surface area contributed by atoms with E-state index < -0.39 is 4.92 Å². The summed E-state index contributed by atoms with van der Waals surface area (Å²) >= 11 is 1.64. The minimum atomic E-state index is -0.428. The number of rotatable bonds is 9. The van der Waals surface area contributed by atoms with E-state index >= 15 is 0 Å². The second-order valence-corrected chi connectivity index (χ2v) is 7.46. The molecule has 2 N–H and O–H groups in total. The maximum Gasteiger partial charge on any atom is 0.292 e. The molecule has 1 heterocycles. The molecule has 1 saturated heterocycles. The second kappa shape index (κ2) is 10.1. The van der Waals surface area contributed by atoms with Gasteiger partial charge in [0.2, 0.25) is 0 Å². The molecule has 2 aromatic rings. The van der Waals surface area contributed by atoms with E-state index in [1.165, 1.54) is 6.07 Å². The van der Waals surface area contributed by atoms with E-state index in [4.69, 9.17) is 4.74 Å². The van der Waals surface area contributed by atoms with E-state index in [2.05, 4.69) is 10.6 Å². The van der Waals surface area contributed by atoms with Crippen LogP contribution in [0.1, 0.15) is 23.2 Å². The van der Waals surface area contributed by atoms with Gasteiger partial charge in [-0.25, -0.2) is 0 Å². The molecule has 148 valence electrons. The number of para-hydroxylation sites is 2. The Bertz CT molecular complexity index is 825. The van der Waals surface area contributed by atoms with Gasteiger partial charge in [0.05, 0.1) is 16.6 Å². The predicted molar refractivity (Wildman–Crippen MR) is 110 cm³/mol. The number of nitro benzene ring substituents is 1. The van der Waals surface area contributed by atoms with Crippen LogP contribution in [-0.2, 0) is 4.74 Å². The lowest BCUT2D eigenvalue weighted by molar-refractivity contribution is -0.384. The Kier molecular flexibility index (Phi) is 7.27. The highest BCUT2D eigenvalue weighted by molar-refractivity contribution is 7.99.